The van der Waals surface area contributed by atoms with Gasteiger partial charge in [-0.15, -0.1) is 0 Å². The van der Waals surface area contributed by atoms with E-state index in [9.17, 15) is 15.0 Å². The van der Waals surface area contributed by atoms with Crippen LogP contribution in [0.4, 0.5) is 0 Å². The largest absolute Gasteiger partial charge is 0.384 e. The highest BCUT2D eigenvalue weighted by Crippen LogP contribution is 2.27. The number of benzene rings is 1. The molecule has 1 aromatic carbocycles. The van der Waals surface area contributed by atoms with Gasteiger partial charge in [-0.3, -0.25) is 4.79 Å². The number of rotatable bonds is 1. The van der Waals surface area contributed by atoms with Crippen LogP contribution in [-0.2, 0) is 22.8 Å². The molecule has 3 N–H and O–H groups in total. The van der Waals surface area contributed by atoms with Crippen molar-refractivity contribution in [3.63, 3.8) is 0 Å². The number of aromatic amines is 1. The summed E-state index contributed by atoms with van der Waals surface area (Å²) in [5.74, 6) is -0.193. The van der Waals surface area contributed by atoms with Crippen LogP contribution in [0.15, 0.2) is 23.0 Å². The van der Waals surface area contributed by atoms with Crippen LogP contribution in [0.25, 0.3) is 11.4 Å². The molecule has 0 unspecified atom stereocenters. The fourth-order valence-electron chi connectivity index (χ4n) is 2.79. The van der Waals surface area contributed by atoms with Gasteiger partial charge in [-0.05, 0) is 23.7 Å². The molecule has 0 atom stereocenters. The third-order valence-corrected chi connectivity index (χ3v) is 4.98. The first-order valence-corrected chi connectivity index (χ1v) is 8.12. The molecule has 0 aliphatic carbocycles. The Kier molecular flexibility index (Phi) is 3.16. The molecule has 0 spiro atoms. The van der Waals surface area contributed by atoms with Crippen LogP contribution < -0.4 is 11.0 Å². The molecule has 0 bridgehead atoms. The molecule has 4 rings (SSSR count). The lowest BCUT2D eigenvalue weighted by atomic mass is 9.86. The van der Waals surface area contributed by atoms with Gasteiger partial charge >= 0.3 is 7.48 Å². The molecule has 3 heterocycles. The van der Waals surface area contributed by atoms with Crippen LogP contribution in [0.5, 0.6) is 0 Å². The molecule has 6 nitrogen and oxygen atoms in total. The van der Waals surface area contributed by atoms with Crippen molar-refractivity contribution in [1.29, 1.82) is 0 Å². The maximum Gasteiger partial charge on any atom is 0.316 e. The second kappa shape index (κ2) is 4.95. The van der Waals surface area contributed by atoms with E-state index >= 15 is 0 Å². The maximum absolute atomic E-state index is 12.2. The Balaban J connectivity index is 1.83. The summed E-state index contributed by atoms with van der Waals surface area (Å²) >= 11 is 1.73. The average molecular weight is 316 g/mol. The summed E-state index contributed by atoms with van der Waals surface area (Å²) < 4.78 is 4.93. The van der Waals surface area contributed by atoms with Gasteiger partial charge in [0.05, 0.1) is 5.69 Å². The van der Waals surface area contributed by atoms with E-state index in [1.807, 2.05) is 0 Å². The fraction of sp³-hybridized carbons (Fsp3) is 0.286. The minimum Gasteiger partial charge on any atom is -0.384 e. The summed E-state index contributed by atoms with van der Waals surface area (Å²) in [5, 5.41) is 19.6. The number of nitrogens with one attached hydrogen (secondary N) is 1. The Bertz CT molecular complexity index is 821. The van der Waals surface area contributed by atoms with Crippen molar-refractivity contribution >= 4 is 24.7 Å². The van der Waals surface area contributed by atoms with Gasteiger partial charge in [0.2, 0.25) is 0 Å². The van der Waals surface area contributed by atoms with Gasteiger partial charge in [-0.2, -0.15) is 11.8 Å². The Hall–Kier alpha value is -1.61. The van der Waals surface area contributed by atoms with Crippen LogP contribution in [0, 0.1) is 0 Å². The summed E-state index contributed by atoms with van der Waals surface area (Å²) in [6, 6.07) is 5.16. The smallest absolute Gasteiger partial charge is 0.316 e. The zero-order valence-electron chi connectivity index (χ0n) is 11.6. The molecule has 0 radical (unpaired) electrons. The van der Waals surface area contributed by atoms with Crippen molar-refractivity contribution in [2.45, 2.75) is 18.1 Å². The molecule has 8 heteroatoms. The van der Waals surface area contributed by atoms with E-state index < -0.39 is 5.97 Å². The minimum absolute atomic E-state index is 0.122. The molecule has 22 heavy (non-hydrogen) atoms. The van der Waals surface area contributed by atoms with Gasteiger partial charge in [0.1, 0.15) is 5.82 Å². The molecule has 2 aromatic rings. The minimum atomic E-state index is -2.28. The first kappa shape index (κ1) is 14.0. The quantitative estimate of drug-likeness (QED) is 0.477. The molecule has 0 saturated heterocycles. The van der Waals surface area contributed by atoms with Crippen molar-refractivity contribution in [3.05, 3.63) is 45.4 Å². The summed E-state index contributed by atoms with van der Waals surface area (Å²) in [6.07, 6.45) is 0.773. The number of nitrogens with zero attached hydrogens (tertiary/aromatic N) is 1. The molecular formula is C14H13BN2O4S. The number of aliphatic hydroxyl groups is 2. The van der Waals surface area contributed by atoms with Crippen LogP contribution in [0.2, 0.25) is 0 Å². The van der Waals surface area contributed by atoms with Gasteiger partial charge in [0.25, 0.3) is 11.5 Å². The predicted octanol–water partition coefficient (Wildman–Crippen LogP) is -0.672. The van der Waals surface area contributed by atoms with Gasteiger partial charge in [-0.25, -0.2) is 4.98 Å². The van der Waals surface area contributed by atoms with E-state index in [-0.39, 0.29) is 13.0 Å². The summed E-state index contributed by atoms with van der Waals surface area (Å²) in [7, 11) is 0.147. The van der Waals surface area contributed by atoms with E-state index in [2.05, 4.69) is 9.97 Å². The van der Waals surface area contributed by atoms with Gasteiger partial charge in [0, 0.05) is 22.4 Å². The third-order valence-electron chi connectivity index (χ3n) is 3.99. The number of H-pyrrole nitrogens is 1. The molecule has 112 valence electrons. The first-order chi connectivity index (χ1) is 10.5. The highest BCUT2D eigenvalue weighted by molar-refractivity contribution is 7.98. The number of aryl methyl sites for hydroxylation is 1. The fourth-order valence-corrected chi connectivity index (χ4v) is 3.77. The molecule has 0 fully saturated rings. The predicted molar refractivity (Wildman–Crippen MR) is 84.1 cm³/mol. The topological polar surface area (TPSA) is 95.4 Å². The number of hydrogen-bond donors (Lipinski definition) is 3. The second-order valence-corrected chi connectivity index (χ2v) is 6.52. The van der Waals surface area contributed by atoms with E-state index in [1.54, 1.807) is 30.0 Å². The van der Waals surface area contributed by atoms with Crippen molar-refractivity contribution in [3.8, 4) is 11.4 Å². The summed E-state index contributed by atoms with van der Waals surface area (Å²) in [5.41, 5.74) is 3.08. The Labute approximate surface area is 130 Å². The van der Waals surface area contributed by atoms with E-state index in [4.69, 9.17) is 4.65 Å². The summed E-state index contributed by atoms with van der Waals surface area (Å²) in [4.78, 5) is 19.5. The van der Waals surface area contributed by atoms with Crippen molar-refractivity contribution in [2.24, 2.45) is 0 Å². The monoisotopic (exact) mass is 316 g/mol. The van der Waals surface area contributed by atoms with Crippen LogP contribution in [-0.4, -0.2) is 33.4 Å². The number of thioether (sulfide) groups is 1. The SMILES string of the molecule is O=c1[nH]c(-c2ccc3c(c2)C(O)(O)OB3)nc2c1CSCC2. The van der Waals surface area contributed by atoms with Crippen molar-refractivity contribution < 1.29 is 14.9 Å². The normalized spacial score (nSPS) is 18.5. The van der Waals surface area contributed by atoms with E-state index in [0.717, 1.165) is 23.4 Å². The van der Waals surface area contributed by atoms with Gasteiger partial charge in [-0.1, -0.05) is 12.1 Å². The zero-order valence-corrected chi connectivity index (χ0v) is 12.4. The van der Waals surface area contributed by atoms with Crippen LogP contribution in [0.3, 0.4) is 0 Å². The Morgan fingerprint density at radius 2 is 2.27 bits per heavy atom. The number of hydrogen-bond acceptors (Lipinski definition) is 6. The Morgan fingerprint density at radius 1 is 1.41 bits per heavy atom. The van der Waals surface area contributed by atoms with Gasteiger partial charge in [0.15, 0.2) is 0 Å². The van der Waals surface area contributed by atoms with E-state index in [0.29, 0.717) is 28.2 Å². The zero-order chi connectivity index (χ0) is 15.3. The molecule has 0 saturated carbocycles. The van der Waals surface area contributed by atoms with Crippen LogP contribution >= 0.6 is 11.8 Å². The van der Waals surface area contributed by atoms with Crippen molar-refractivity contribution in [2.75, 3.05) is 5.75 Å². The lowest BCUT2D eigenvalue weighted by molar-refractivity contribution is -0.299. The second-order valence-electron chi connectivity index (χ2n) is 5.41. The number of fused-ring (bicyclic) bond motifs is 2. The first-order valence-electron chi connectivity index (χ1n) is 6.97. The lowest BCUT2D eigenvalue weighted by Gasteiger charge is -2.17. The third kappa shape index (κ3) is 2.19. The highest BCUT2D eigenvalue weighted by Gasteiger charge is 2.36. The molecule has 2 aliphatic rings. The standard InChI is InChI=1S/C14H13BN2O4S/c18-13-8-6-22-4-3-11(8)16-12(17-13)7-1-2-10-9(5-7)14(19,20)21-15-10/h1-2,5,15,19-20H,3-4,6H2,(H,16,17,18). The molecule has 2 aliphatic heterocycles. The van der Waals surface area contributed by atoms with Crippen molar-refractivity contribution in [1.82, 2.24) is 9.97 Å². The highest BCUT2D eigenvalue weighted by atomic mass is 32.2. The lowest BCUT2D eigenvalue weighted by Crippen LogP contribution is -2.25. The number of aromatic nitrogens is 2. The Morgan fingerprint density at radius 3 is 3.14 bits per heavy atom. The average Bonchev–Trinajstić information content (AvgIpc) is 2.82. The molecule has 1 aromatic heterocycles. The maximum atomic E-state index is 12.2. The van der Waals surface area contributed by atoms with E-state index in [1.165, 1.54) is 0 Å². The van der Waals surface area contributed by atoms with Gasteiger partial charge < -0.3 is 19.9 Å². The van der Waals surface area contributed by atoms with Crippen LogP contribution in [0.1, 0.15) is 16.8 Å². The summed E-state index contributed by atoms with van der Waals surface area (Å²) in [6.45, 7) is 0. The molecule has 0 amide bonds. The molecular weight excluding hydrogens is 303 g/mol.